The first-order valence-corrected chi connectivity index (χ1v) is 10.5. The summed E-state index contributed by atoms with van der Waals surface area (Å²) in [5.74, 6) is 1.13. The van der Waals surface area contributed by atoms with Gasteiger partial charge in [0, 0.05) is 41.2 Å². The van der Waals surface area contributed by atoms with E-state index in [2.05, 4.69) is 15.0 Å². The van der Waals surface area contributed by atoms with Crippen LogP contribution in [0.3, 0.4) is 0 Å². The second-order valence-electron chi connectivity index (χ2n) is 7.84. The maximum Gasteiger partial charge on any atom is 0.166 e. The maximum absolute atomic E-state index is 14.1. The Bertz CT molecular complexity index is 1140. The third kappa shape index (κ3) is 4.61. The van der Waals surface area contributed by atoms with Gasteiger partial charge >= 0.3 is 0 Å². The smallest absolute Gasteiger partial charge is 0.166 e. The van der Waals surface area contributed by atoms with E-state index >= 15 is 0 Å². The number of nitrogens with zero attached hydrogens (tertiary/aromatic N) is 4. The summed E-state index contributed by atoms with van der Waals surface area (Å²) in [4.78, 5) is 18.0. The zero-order chi connectivity index (χ0) is 22.7. The molecule has 1 aliphatic carbocycles. The van der Waals surface area contributed by atoms with Crippen LogP contribution in [0.5, 0.6) is 5.75 Å². The highest BCUT2D eigenvalue weighted by Gasteiger charge is 2.23. The van der Waals surface area contributed by atoms with Gasteiger partial charge in [-0.1, -0.05) is 0 Å². The summed E-state index contributed by atoms with van der Waals surface area (Å²) in [5.41, 5.74) is 20.9. The number of ether oxygens (including phenoxy) is 1. The second kappa shape index (κ2) is 9.17. The average molecular weight is 436 g/mol. The number of pyridine rings is 1. The third-order valence-electron chi connectivity index (χ3n) is 5.46. The van der Waals surface area contributed by atoms with Crippen LogP contribution in [0.1, 0.15) is 42.6 Å². The van der Waals surface area contributed by atoms with Gasteiger partial charge in [0.05, 0.1) is 18.6 Å². The van der Waals surface area contributed by atoms with Crippen molar-refractivity contribution in [1.29, 1.82) is 0 Å². The highest BCUT2D eigenvalue weighted by atomic mass is 19.1. The van der Waals surface area contributed by atoms with E-state index < -0.39 is 11.9 Å². The van der Waals surface area contributed by atoms with Gasteiger partial charge in [0.25, 0.3) is 0 Å². The van der Waals surface area contributed by atoms with E-state index in [0.717, 1.165) is 11.9 Å². The maximum atomic E-state index is 14.1. The van der Waals surface area contributed by atoms with Gasteiger partial charge in [0.2, 0.25) is 0 Å². The number of aliphatic imine (C=N–C) groups is 3. The molecule has 0 spiro atoms. The molecule has 1 saturated carbocycles. The topological polar surface area (TPSA) is 137 Å². The Hall–Kier alpha value is -3.75. The second-order valence-corrected chi connectivity index (χ2v) is 7.84. The molecule has 8 nitrogen and oxygen atoms in total. The Morgan fingerprint density at radius 2 is 2.06 bits per heavy atom. The van der Waals surface area contributed by atoms with Crippen molar-refractivity contribution < 1.29 is 9.13 Å². The number of halogens is 1. The average Bonchev–Trinajstić information content (AvgIpc) is 3.60. The van der Waals surface area contributed by atoms with E-state index in [4.69, 9.17) is 26.9 Å². The van der Waals surface area contributed by atoms with Crippen LogP contribution in [0.2, 0.25) is 0 Å². The standard InChI is InChI=1S/C23H26FN7O/c1-13-19-7-17(24)4-5-18(19)23(31-12-26)30-11-16(8-25)21(28-9-14-2-3-14)15-6-20(32-13)22(27)29-10-15/h4-8,10,12-14H,2-3,9,11,25H2,1H3,(H2,27,29)(H2,26,30,31)/t13-/m1/s1. The lowest BCUT2D eigenvalue weighted by Crippen LogP contribution is -2.17. The molecule has 166 valence electrons. The molecule has 0 radical (unpaired) electrons. The monoisotopic (exact) mass is 435 g/mol. The van der Waals surface area contributed by atoms with Crippen LogP contribution in [-0.4, -0.2) is 36.0 Å². The van der Waals surface area contributed by atoms with E-state index in [1.54, 1.807) is 25.3 Å². The lowest BCUT2D eigenvalue weighted by molar-refractivity contribution is 0.227. The molecule has 0 saturated heterocycles. The Morgan fingerprint density at radius 1 is 1.25 bits per heavy atom. The molecule has 1 aromatic heterocycles. The Morgan fingerprint density at radius 3 is 2.78 bits per heavy atom. The molecule has 9 heteroatoms. The minimum Gasteiger partial charge on any atom is -0.482 e. The quantitative estimate of drug-likeness (QED) is 0.492. The number of amidine groups is 1. The summed E-state index contributed by atoms with van der Waals surface area (Å²) >= 11 is 0. The van der Waals surface area contributed by atoms with Crippen molar-refractivity contribution >= 4 is 23.7 Å². The Balaban J connectivity index is 1.90. The van der Waals surface area contributed by atoms with Crippen LogP contribution in [-0.2, 0) is 0 Å². The minimum absolute atomic E-state index is 0.207. The molecule has 2 aromatic rings. The summed E-state index contributed by atoms with van der Waals surface area (Å²) in [6, 6.07) is 6.13. The first-order valence-electron chi connectivity index (χ1n) is 10.5. The van der Waals surface area contributed by atoms with Crippen molar-refractivity contribution in [2.45, 2.75) is 25.9 Å². The lowest BCUT2D eigenvalue weighted by atomic mass is 10.0. The van der Waals surface area contributed by atoms with Crippen molar-refractivity contribution in [2.24, 2.45) is 32.4 Å². The van der Waals surface area contributed by atoms with E-state index in [1.165, 1.54) is 31.2 Å². The highest BCUT2D eigenvalue weighted by molar-refractivity contribution is 6.13. The van der Waals surface area contributed by atoms with E-state index in [0.29, 0.717) is 46.5 Å². The van der Waals surface area contributed by atoms with Crippen LogP contribution in [0, 0.1) is 11.7 Å². The fourth-order valence-electron chi connectivity index (χ4n) is 3.54. The van der Waals surface area contributed by atoms with E-state index in [9.17, 15) is 4.39 Å². The van der Waals surface area contributed by atoms with Gasteiger partial charge in [-0.3, -0.25) is 9.98 Å². The molecule has 32 heavy (non-hydrogen) atoms. The molecular formula is C23H26FN7O. The van der Waals surface area contributed by atoms with Crippen molar-refractivity contribution in [1.82, 2.24) is 4.98 Å². The van der Waals surface area contributed by atoms with E-state index in [-0.39, 0.29) is 12.4 Å². The minimum atomic E-state index is -0.561. The fourth-order valence-corrected chi connectivity index (χ4v) is 3.54. The number of nitrogen functional groups attached to an aromatic ring is 1. The molecular weight excluding hydrogens is 409 g/mol. The van der Waals surface area contributed by atoms with Gasteiger partial charge in [0.1, 0.15) is 11.9 Å². The Labute approximate surface area is 185 Å². The summed E-state index contributed by atoms with van der Waals surface area (Å²) < 4.78 is 20.2. The molecule has 2 aliphatic rings. The van der Waals surface area contributed by atoms with Gasteiger partial charge < -0.3 is 21.9 Å². The van der Waals surface area contributed by atoms with E-state index in [1.807, 2.05) is 0 Å². The van der Waals surface area contributed by atoms with Crippen molar-refractivity contribution in [3.05, 3.63) is 64.7 Å². The number of fused-ring (bicyclic) bond motifs is 3. The van der Waals surface area contributed by atoms with Crippen molar-refractivity contribution in [3.8, 4) is 5.75 Å². The third-order valence-corrected chi connectivity index (χ3v) is 5.46. The van der Waals surface area contributed by atoms with Crippen LogP contribution in [0.15, 0.2) is 57.2 Å². The first kappa shape index (κ1) is 21.5. The van der Waals surface area contributed by atoms with Gasteiger partial charge in [-0.25, -0.2) is 14.4 Å². The fraction of sp³-hybridized carbons (Fsp3) is 0.304. The van der Waals surface area contributed by atoms with Crippen LogP contribution >= 0.6 is 0 Å². The summed E-state index contributed by atoms with van der Waals surface area (Å²) in [6.07, 6.45) is 6.06. The molecule has 4 rings (SSSR count). The first-order chi connectivity index (χ1) is 15.5. The number of rotatable bonds is 2. The number of hydrogen-bond acceptors (Lipinski definition) is 7. The van der Waals surface area contributed by atoms with Crippen molar-refractivity contribution in [2.75, 3.05) is 18.8 Å². The molecule has 0 unspecified atom stereocenters. The largest absolute Gasteiger partial charge is 0.482 e. The molecule has 1 fully saturated rings. The van der Waals surface area contributed by atoms with Crippen LogP contribution < -0.4 is 21.9 Å². The summed E-state index contributed by atoms with van der Waals surface area (Å²) in [7, 11) is 0. The molecule has 0 amide bonds. The highest BCUT2D eigenvalue weighted by Crippen LogP contribution is 2.32. The molecule has 1 atom stereocenters. The number of aromatic nitrogens is 1. The van der Waals surface area contributed by atoms with Gasteiger partial charge in [-0.2, -0.15) is 0 Å². The summed E-state index contributed by atoms with van der Waals surface area (Å²) in [6.45, 7) is 2.70. The molecule has 2 bridgehead atoms. The SMILES string of the molecule is C[C@H]1Oc2cc(cnc2N)C(=NCC2CC2)C(=CN)CN=C(N=CN)c2ccc(F)cc21. The normalized spacial score (nSPS) is 21.6. The number of nitrogens with two attached hydrogens (primary N) is 3. The zero-order valence-corrected chi connectivity index (χ0v) is 17.8. The number of hydrogen-bond donors (Lipinski definition) is 3. The lowest BCUT2D eigenvalue weighted by Gasteiger charge is -2.21. The Kier molecular flexibility index (Phi) is 6.16. The summed E-state index contributed by atoms with van der Waals surface area (Å²) in [5, 5.41) is 0. The molecule has 6 N–H and O–H groups in total. The molecule has 2 heterocycles. The predicted octanol–water partition coefficient (Wildman–Crippen LogP) is 2.73. The number of anilines is 1. The zero-order valence-electron chi connectivity index (χ0n) is 17.8. The predicted molar refractivity (Wildman–Crippen MR) is 125 cm³/mol. The van der Waals surface area contributed by atoms with Crippen LogP contribution in [0.25, 0.3) is 0 Å². The van der Waals surface area contributed by atoms with Gasteiger partial charge in [-0.05, 0) is 49.9 Å². The number of benzene rings is 1. The van der Waals surface area contributed by atoms with Crippen LogP contribution in [0.4, 0.5) is 10.2 Å². The van der Waals surface area contributed by atoms with Gasteiger partial charge in [-0.15, -0.1) is 0 Å². The molecule has 1 aromatic carbocycles. The molecule has 1 aliphatic heterocycles. The van der Waals surface area contributed by atoms with Crippen molar-refractivity contribution in [3.63, 3.8) is 0 Å². The van der Waals surface area contributed by atoms with Gasteiger partial charge in [0.15, 0.2) is 17.4 Å².